The number of piperidine rings is 1. The van der Waals surface area contributed by atoms with E-state index in [4.69, 9.17) is 22.1 Å². The van der Waals surface area contributed by atoms with E-state index in [1.807, 2.05) is 58.9 Å². The highest BCUT2D eigenvalue weighted by atomic mass is 35.5. The Morgan fingerprint density at radius 2 is 1.65 bits per heavy atom. The number of sulfonamides is 1. The number of methoxy groups -OCH3 is 1. The second-order valence-corrected chi connectivity index (χ2v) is 11.3. The minimum Gasteiger partial charge on any atom is -0.495 e. The molecule has 10 heteroatoms. The Hall–Kier alpha value is -2.98. The lowest BCUT2D eigenvalue weighted by molar-refractivity contribution is -0.118. The molecule has 2 aromatic carbocycles. The maximum Gasteiger partial charge on any atom is 0.246 e. The summed E-state index contributed by atoms with van der Waals surface area (Å²) in [6.45, 7) is 12.7. The molecule has 43 heavy (non-hydrogen) atoms. The van der Waals surface area contributed by atoms with E-state index >= 15 is 0 Å². The molecule has 0 spiro atoms. The lowest BCUT2D eigenvalue weighted by atomic mass is 10.0. The van der Waals surface area contributed by atoms with Crippen molar-refractivity contribution in [3.63, 3.8) is 0 Å². The summed E-state index contributed by atoms with van der Waals surface area (Å²) in [7, 11) is -0.796. The van der Waals surface area contributed by atoms with Crippen molar-refractivity contribution in [3.05, 3.63) is 76.8 Å². The second-order valence-electron chi connectivity index (χ2n) is 9.00. The summed E-state index contributed by atoms with van der Waals surface area (Å²) in [5.74, 6) is -0.241. The predicted molar refractivity (Wildman–Crippen MR) is 181 cm³/mol. The van der Waals surface area contributed by atoms with Gasteiger partial charge in [-0.15, -0.1) is 0 Å². The van der Waals surface area contributed by atoms with Gasteiger partial charge in [-0.1, -0.05) is 67.9 Å². The first-order valence-corrected chi connectivity index (χ1v) is 16.3. The number of aldehydes is 1. The van der Waals surface area contributed by atoms with Crippen molar-refractivity contribution in [2.75, 3.05) is 27.2 Å². The number of aryl methyl sites for hydroxylation is 1. The van der Waals surface area contributed by atoms with Gasteiger partial charge >= 0.3 is 0 Å². The van der Waals surface area contributed by atoms with Crippen LogP contribution in [0.15, 0.2) is 65.6 Å². The summed E-state index contributed by atoms with van der Waals surface area (Å²) in [5.41, 5.74) is 13.2. The molecule has 1 atom stereocenters. The monoisotopic (exact) mass is 637 g/mol. The van der Waals surface area contributed by atoms with E-state index in [1.54, 1.807) is 6.07 Å². The van der Waals surface area contributed by atoms with Crippen molar-refractivity contribution in [2.24, 2.45) is 17.4 Å². The summed E-state index contributed by atoms with van der Waals surface area (Å²) >= 11 is 5.88. The van der Waals surface area contributed by atoms with Crippen LogP contribution in [-0.4, -0.2) is 52.2 Å². The van der Waals surface area contributed by atoms with Gasteiger partial charge in [-0.2, -0.15) is 4.31 Å². The van der Waals surface area contributed by atoms with Gasteiger partial charge in [-0.05, 0) is 88.9 Å². The third-order valence-corrected chi connectivity index (χ3v) is 8.31. The van der Waals surface area contributed by atoms with Crippen LogP contribution in [0, 0.1) is 5.92 Å². The van der Waals surface area contributed by atoms with Gasteiger partial charge in [-0.3, -0.25) is 4.79 Å². The zero-order valence-electron chi connectivity index (χ0n) is 27.1. The molecule has 1 unspecified atom stereocenters. The minimum atomic E-state index is -3.71. The number of nitrogens with two attached hydrogens (primary N) is 2. The van der Waals surface area contributed by atoms with Crippen LogP contribution in [0.1, 0.15) is 71.9 Å². The molecular formula is C33H52ClN3O5S. The Bertz CT molecular complexity index is 1230. The number of nitrogens with zero attached hydrogens (tertiary/aromatic N) is 1. The number of rotatable bonds is 8. The highest BCUT2D eigenvalue weighted by Gasteiger charge is 2.32. The fourth-order valence-electron chi connectivity index (χ4n) is 3.66. The smallest absolute Gasteiger partial charge is 0.246 e. The second kappa shape index (κ2) is 24.5. The SMILES string of the molecule is C/C=C(/C)c1ccc(CCC(N)=O)cc1.C/C=C\C.CC.CN.COc1ccc(Cl)cc1S(=O)(=O)N1CCCC(C=O)C1. The zero-order valence-corrected chi connectivity index (χ0v) is 28.7. The molecule has 1 saturated heterocycles. The average molecular weight is 638 g/mol. The summed E-state index contributed by atoms with van der Waals surface area (Å²) in [6, 6.07) is 12.7. The fourth-order valence-corrected chi connectivity index (χ4v) is 5.62. The van der Waals surface area contributed by atoms with Gasteiger partial charge in [0, 0.05) is 30.5 Å². The summed E-state index contributed by atoms with van der Waals surface area (Å²) in [6.07, 6.45) is 9.44. The number of amides is 1. The molecule has 0 aliphatic carbocycles. The van der Waals surface area contributed by atoms with Gasteiger partial charge in [-0.25, -0.2) is 8.42 Å². The number of carbonyl (C=O) groups excluding carboxylic acids is 2. The number of benzene rings is 2. The van der Waals surface area contributed by atoms with E-state index in [0.717, 1.165) is 24.7 Å². The van der Waals surface area contributed by atoms with Crippen LogP contribution in [-0.2, 0) is 26.0 Å². The number of hydrogen-bond donors (Lipinski definition) is 2. The van der Waals surface area contributed by atoms with Gasteiger partial charge in [0.05, 0.1) is 7.11 Å². The molecule has 1 amide bonds. The van der Waals surface area contributed by atoms with Crippen LogP contribution in [0.25, 0.3) is 5.57 Å². The number of allylic oxidation sites excluding steroid dienone is 4. The lowest BCUT2D eigenvalue weighted by Gasteiger charge is -2.29. The molecule has 1 aliphatic heterocycles. The summed E-state index contributed by atoms with van der Waals surface area (Å²) in [4.78, 5) is 21.5. The highest BCUT2D eigenvalue weighted by Crippen LogP contribution is 2.31. The lowest BCUT2D eigenvalue weighted by Crippen LogP contribution is -2.40. The largest absolute Gasteiger partial charge is 0.495 e. The number of ether oxygens (including phenoxy) is 1. The maximum absolute atomic E-state index is 12.7. The Kier molecular flexibility index (Phi) is 24.0. The third kappa shape index (κ3) is 15.9. The molecule has 1 fully saturated rings. The molecule has 0 radical (unpaired) electrons. The van der Waals surface area contributed by atoms with E-state index in [-0.39, 0.29) is 29.0 Å². The Balaban J connectivity index is 0. The molecule has 0 aromatic heterocycles. The fraction of sp³-hybridized carbons (Fsp3) is 0.455. The molecule has 0 bridgehead atoms. The van der Waals surface area contributed by atoms with Gasteiger partial charge in [0.15, 0.2) is 0 Å². The average Bonchev–Trinajstić information content (AvgIpc) is 3.05. The van der Waals surface area contributed by atoms with Gasteiger partial charge in [0.2, 0.25) is 15.9 Å². The van der Waals surface area contributed by atoms with Crippen molar-refractivity contribution < 1.29 is 22.7 Å². The Morgan fingerprint density at radius 1 is 1.07 bits per heavy atom. The van der Waals surface area contributed by atoms with Crippen molar-refractivity contribution in [2.45, 2.75) is 72.1 Å². The van der Waals surface area contributed by atoms with E-state index in [1.165, 1.54) is 41.7 Å². The molecule has 4 N–H and O–H groups in total. The molecule has 242 valence electrons. The van der Waals surface area contributed by atoms with Crippen LogP contribution < -0.4 is 16.2 Å². The van der Waals surface area contributed by atoms with Crippen LogP contribution >= 0.6 is 11.6 Å². The van der Waals surface area contributed by atoms with Gasteiger partial charge < -0.3 is 21.0 Å². The summed E-state index contributed by atoms with van der Waals surface area (Å²) in [5, 5.41) is 0.327. The van der Waals surface area contributed by atoms with Crippen molar-refractivity contribution in [3.8, 4) is 5.75 Å². The molecule has 2 aromatic rings. The number of halogens is 1. The van der Waals surface area contributed by atoms with Gasteiger partial charge in [0.1, 0.15) is 16.9 Å². The normalized spacial score (nSPS) is 14.7. The van der Waals surface area contributed by atoms with Crippen molar-refractivity contribution in [1.29, 1.82) is 0 Å². The molecule has 0 saturated carbocycles. The minimum absolute atomic E-state index is 0.0408. The standard InChI is InChI=1S/C13H16ClNO4S.C13H17NO.C4H8.C2H6.CH5N/c1-19-12-5-4-11(14)7-13(12)20(17,18)15-6-2-3-10(8-15)9-16;1-3-10(2)12-7-4-11(5-8-12)6-9-13(14)15;1-3-4-2;2*1-2/h4-5,7,9-10H,2-3,6,8H2,1H3;3-5,7-8H,6,9H2,1-2H3,(H2,14,15);3-4H,1-2H3;1-2H3;2H2,1H3/b;10-3-;4-3-;;. The summed E-state index contributed by atoms with van der Waals surface area (Å²) < 4.78 is 31.7. The van der Waals surface area contributed by atoms with Gasteiger partial charge in [0.25, 0.3) is 0 Å². The number of primary amides is 1. The van der Waals surface area contributed by atoms with Crippen LogP contribution in [0.2, 0.25) is 5.02 Å². The molecule has 8 nitrogen and oxygen atoms in total. The molecule has 1 heterocycles. The van der Waals surface area contributed by atoms with Crippen LogP contribution in [0.4, 0.5) is 0 Å². The van der Waals surface area contributed by atoms with E-state index in [2.05, 4.69) is 30.9 Å². The quantitative estimate of drug-likeness (QED) is 0.246. The van der Waals surface area contributed by atoms with Crippen molar-refractivity contribution >= 4 is 39.4 Å². The highest BCUT2D eigenvalue weighted by molar-refractivity contribution is 7.89. The first kappa shape index (κ1) is 42.2. The Morgan fingerprint density at radius 3 is 2.12 bits per heavy atom. The zero-order chi connectivity index (χ0) is 33.4. The number of carbonyl (C=O) groups is 2. The van der Waals surface area contributed by atoms with E-state index < -0.39 is 10.0 Å². The molecule has 1 aliphatic rings. The number of hydrogen-bond acceptors (Lipinski definition) is 6. The predicted octanol–water partition coefficient (Wildman–Crippen LogP) is 6.66. The van der Waals surface area contributed by atoms with Crippen molar-refractivity contribution in [1.82, 2.24) is 4.31 Å². The van der Waals surface area contributed by atoms with E-state index in [9.17, 15) is 18.0 Å². The maximum atomic E-state index is 12.7. The molecule has 3 rings (SSSR count). The van der Waals surface area contributed by atoms with Crippen LogP contribution in [0.5, 0.6) is 5.75 Å². The third-order valence-electron chi connectivity index (χ3n) is 6.19. The Labute approximate surface area is 265 Å². The van der Waals surface area contributed by atoms with Crippen LogP contribution in [0.3, 0.4) is 0 Å². The molecular weight excluding hydrogens is 586 g/mol. The first-order valence-electron chi connectivity index (χ1n) is 14.5. The first-order chi connectivity index (χ1) is 20.5. The topological polar surface area (TPSA) is 133 Å². The van der Waals surface area contributed by atoms with E-state index in [0.29, 0.717) is 24.4 Å².